The van der Waals surface area contributed by atoms with Crippen LogP contribution in [0, 0.1) is 0 Å². The minimum absolute atomic E-state index is 0.00350. The molecule has 1 unspecified atom stereocenters. The normalized spacial score (nSPS) is 14.0. The second kappa shape index (κ2) is 6.84. The quantitative estimate of drug-likeness (QED) is 0.461. The van der Waals surface area contributed by atoms with Crippen LogP contribution in [0.15, 0.2) is 12.7 Å². The van der Waals surface area contributed by atoms with Crippen molar-refractivity contribution in [1.82, 2.24) is 0 Å². The Balaban J connectivity index is 4.53. The van der Waals surface area contributed by atoms with Gasteiger partial charge < -0.3 is 20.1 Å². The molecule has 0 aromatic heterocycles. The van der Waals surface area contributed by atoms with Crippen molar-refractivity contribution in [2.24, 2.45) is 0 Å². The first-order chi connectivity index (χ1) is 6.96. The van der Waals surface area contributed by atoms with Crippen LogP contribution in [0.4, 0.5) is 0 Å². The van der Waals surface area contributed by atoms with E-state index in [1.807, 2.05) is 0 Å². The Kier molecular flexibility index (Phi) is 6.58. The van der Waals surface area contributed by atoms with Gasteiger partial charge in [-0.25, -0.2) is 0 Å². The number of thiocarbonyl (C=S) groups is 2. The molecule has 0 rings (SSSR count). The second-order valence-electron chi connectivity index (χ2n) is 2.95. The van der Waals surface area contributed by atoms with Gasteiger partial charge in [0, 0.05) is 6.42 Å². The fraction of sp³-hybridized carbons (Fsp3) is 0.556. The lowest BCUT2D eigenvalue weighted by Gasteiger charge is -2.26. The average Bonchev–Trinajstić information content (AvgIpc) is 2.13. The van der Waals surface area contributed by atoms with Gasteiger partial charge in [-0.3, -0.25) is 0 Å². The van der Waals surface area contributed by atoms with Crippen molar-refractivity contribution in [2.45, 2.75) is 18.4 Å². The monoisotopic (exact) mass is 250 g/mol. The Morgan fingerprint density at radius 2 is 2.07 bits per heavy atom. The molecule has 0 aromatic carbocycles. The predicted molar refractivity (Wildman–Crippen MR) is 65.2 cm³/mol. The molecule has 0 heterocycles. The summed E-state index contributed by atoms with van der Waals surface area (Å²) in [5.74, 6) is 0. The van der Waals surface area contributed by atoms with Gasteiger partial charge in [0.1, 0.15) is 12.2 Å². The third kappa shape index (κ3) is 5.17. The summed E-state index contributed by atoms with van der Waals surface area (Å²) in [6.45, 7) is 3.26. The van der Waals surface area contributed by atoms with Crippen molar-refractivity contribution in [2.75, 3.05) is 13.2 Å². The van der Waals surface area contributed by atoms with E-state index in [2.05, 4.69) is 18.8 Å². The molecule has 0 spiro atoms. The number of aliphatic hydroxyl groups excluding tert-OH is 2. The molecule has 15 heavy (non-hydrogen) atoms. The summed E-state index contributed by atoms with van der Waals surface area (Å²) in [7, 11) is 0. The molecule has 1 atom stereocenters. The lowest BCUT2D eigenvalue weighted by atomic mass is 9.97. The van der Waals surface area contributed by atoms with E-state index in [1.54, 1.807) is 0 Å². The summed E-state index contributed by atoms with van der Waals surface area (Å²) in [5, 5.41) is 27.0. The zero-order valence-electron chi connectivity index (χ0n) is 8.18. The molecule has 0 saturated carbocycles. The van der Waals surface area contributed by atoms with Crippen LogP contribution in [0.25, 0.3) is 0 Å². The second-order valence-corrected chi connectivity index (χ2v) is 3.80. The van der Waals surface area contributed by atoms with Gasteiger partial charge in [0.2, 0.25) is 0 Å². The molecule has 0 aliphatic rings. The van der Waals surface area contributed by atoms with Crippen molar-refractivity contribution in [3.63, 3.8) is 0 Å². The van der Waals surface area contributed by atoms with Gasteiger partial charge >= 0.3 is 0 Å². The molecule has 3 N–H and O–H groups in total. The Morgan fingerprint density at radius 1 is 1.47 bits per heavy atom. The fourth-order valence-electron chi connectivity index (χ4n) is 0.989. The maximum atomic E-state index is 10.0. The third-order valence-electron chi connectivity index (χ3n) is 1.63. The standard InChI is InChI=1S/C9H14O4S2/c1-2-3-9(12,6-7(11)14)8(15)13-5-4-10/h2,10,12H,1,3-6H2,(H,11,14). The van der Waals surface area contributed by atoms with Gasteiger partial charge in [0.25, 0.3) is 0 Å². The highest BCUT2D eigenvalue weighted by atomic mass is 32.1. The fourth-order valence-corrected chi connectivity index (χ4v) is 1.47. The topological polar surface area (TPSA) is 69.9 Å². The molecule has 0 radical (unpaired) electrons. The summed E-state index contributed by atoms with van der Waals surface area (Å²) in [6.07, 6.45) is 1.39. The minimum Gasteiger partial charge on any atom is -0.502 e. The highest BCUT2D eigenvalue weighted by molar-refractivity contribution is 7.80. The summed E-state index contributed by atoms with van der Waals surface area (Å²) >= 11 is 9.32. The first-order valence-electron chi connectivity index (χ1n) is 4.29. The Morgan fingerprint density at radius 3 is 2.47 bits per heavy atom. The molecule has 0 aromatic rings. The predicted octanol–water partition coefficient (Wildman–Crippen LogP) is 0.905. The molecular weight excluding hydrogens is 236 g/mol. The zero-order chi connectivity index (χ0) is 11.9. The van der Waals surface area contributed by atoms with Crippen LogP contribution in [0.3, 0.4) is 0 Å². The number of ether oxygens (including phenoxy) is 1. The van der Waals surface area contributed by atoms with Crippen LogP contribution >= 0.6 is 24.4 Å². The van der Waals surface area contributed by atoms with E-state index in [4.69, 9.17) is 27.2 Å². The van der Waals surface area contributed by atoms with E-state index in [1.165, 1.54) is 6.08 Å². The van der Waals surface area contributed by atoms with Crippen LogP contribution in [-0.2, 0) is 4.74 Å². The van der Waals surface area contributed by atoms with Gasteiger partial charge in [-0.1, -0.05) is 6.08 Å². The first kappa shape index (κ1) is 14.4. The average molecular weight is 250 g/mol. The smallest absolute Gasteiger partial charge is 0.192 e. The van der Waals surface area contributed by atoms with E-state index in [0.717, 1.165) is 0 Å². The number of rotatable bonds is 7. The van der Waals surface area contributed by atoms with Gasteiger partial charge in [-0.05, 0) is 24.4 Å². The third-order valence-corrected chi connectivity index (χ3v) is 2.27. The summed E-state index contributed by atoms with van der Waals surface area (Å²) in [4.78, 5) is 0. The summed E-state index contributed by atoms with van der Waals surface area (Å²) in [6, 6.07) is 0. The Hall–Kier alpha value is -0.560. The van der Waals surface area contributed by atoms with E-state index in [-0.39, 0.29) is 36.2 Å². The molecule has 0 amide bonds. The molecule has 4 nitrogen and oxygen atoms in total. The molecule has 0 fully saturated rings. The molecule has 0 saturated heterocycles. The van der Waals surface area contributed by atoms with E-state index in [9.17, 15) is 5.11 Å². The molecule has 0 aliphatic carbocycles. The number of hydrogen-bond acceptors (Lipinski definition) is 5. The molecular formula is C9H14O4S2. The number of aliphatic hydroxyl groups is 3. The molecule has 0 aliphatic heterocycles. The summed E-state index contributed by atoms with van der Waals surface area (Å²) < 4.78 is 4.92. The lowest BCUT2D eigenvalue weighted by molar-refractivity contribution is 0.0831. The van der Waals surface area contributed by atoms with E-state index >= 15 is 0 Å². The SMILES string of the molecule is C=CCC(O)(CC(O)=S)C(=S)OCCO. The maximum Gasteiger partial charge on any atom is 0.192 e. The summed E-state index contributed by atoms with van der Waals surface area (Å²) in [5.41, 5.74) is -1.53. The van der Waals surface area contributed by atoms with Gasteiger partial charge in [0.15, 0.2) is 10.1 Å². The lowest BCUT2D eigenvalue weighted by Crippen LogP contribution is -2.40. The van der Waals surface area contributed by atoms with Crippen LogP contribution in [0.5, 0.6) is 0 Å². The first-order valence-corrected chi connectivity index (χ1v) is 5.11. The van der Waals surface area contributed by atoms with E-state index in [0.29, 0.717) is 0 Å². The zero-order valence-corrected chi connectivity index (χ0v) is 9.81. The maximum absolute atomic E-state index is 10.0. The highest BCUT2D eigenvalue weighted by Crippen LogP contribution is 2.20. The van der Waals surface area contributed by atoms with E-state index < -0.39 is 5.60 Å². The molecule has 6 heteroatoms. The molecule has 86 valence electrons. The van der Waals surface area contributed by atoms with Crippen molar-refractivity contribution < 1.29 is 20.1 Å². The van der Waals surface area contributed by atoms with Gasteiger partial charge in [0.05, 0.1) is 13.0 Å². The van der Waals surface area contributed by atoms with Crippen LogP contribution in [-0.4, -0.2) is 44.2 Å². The van der Waals surface area contributed by atoms with Gasteiger partial charge in [-0.15, -0.1) is 6.58 Å². The minimum atomic E-state index is -1.53. The number of hydrogen-bond donors (Lipinski definition) is 3. The van der Waals surface area contributed by atoms with Crippen LogP contribution < -0.4 is 0 Å². The Bertz CT molecular complexity index is 254. The van der Waals surface area contributed by atoms with Crippen molar-refractivity contribution in [3.8, 4) is 0 Å². The van der Waals surface area contributed by atoms with Gasteiger partial charge in [-0.2, -0.15) is 0 Å². The van der Waals surface area contributed by atoms with Crippen LogP contribution in [0.2, 0.25) is 0 Å². The van der Waals surface area contributed by atoms with Crippen molar-refractivity contribution in [1.29, 1.82) is 0 Å². The largest absolute Gasteiger partial charge is 0.502 e. The highest BCUT2D eigenvalue weighted by Gasteiger charge is 2.33. The van der Waals surface area contributed by atoms with Crippen molar-refractivity contribution >= 4 is 34.5 Å². The van der Waals surface area contributed by atoms with Crippen LogP contribution in [0.1, 0.15) is 12.8 Å². The molecule has 0 bridgehead atoms. The van der Waals surface area contributed by atoms with Crippen molar-refractivity contribution in [3.05, 3.63) is 12.7 Å². The Labute approximate surface area is 99.2 Å².